The minimum absolute atomic E-state index is 0. The van der Waals surface area contributed by atoms with Crippen molar-refractivity contribution in [2.24, 2.45) is 0 Å². The average molecular weight is 617 g/mol. The fraction of sp³-hybridized carbons (Fsp3) is 0. The molecule has 0 atom stereocenters. The van der Waals surface area contributed by atoms with Gasteiger partial charge in [0.05, 0.1) is 0 Å². The molecule has 176 valence electrons. The molecule has 4 aromatic carbocycles. The van der Waals surface area contributed by atoms with Crippen molar-refractivity contribution in [3.05, 3.63) is 121 Å². The molecule has 0 amide bonds. The van der Waals surface area contributed by atoms with Crippen LogP contribution in [-0.2, 0) is 52.6 Å². The summed E-state index contributed by atoms with van der Waals surface area (Å²) in [5.74, 6) is 1.54. The van der Waals surface area contributed by atoms with Crippen LogP contribution in [0.2, 0.25) is 0 Å². The molecular weight excluding hydrogens is 597 g/mol. The van der Waals surface area contributed by atoms with Crippen LogP contribution in [0.4, 0.5) is 0 Å². The Balaban J connectivity index is 0.000000168. The number of nitrogens with zero attached hydrogens (tertiary/aromatic N) is 6. The molecule has 37 heavy (non-hydrogen) atoms. The largest absolute Gasteiger partial charge is 2.00 e. The zero-order valence-electron chi connectivity index (χ0n) is 19.8. The third-order valence-electron chi connectivity index (χ3n) is 5.36. The van der Waals surface area contributed by atoms with Gasteiger partial charge in [0.1, 0.15) is 0 Å². The molecule has 2 aromatic heterocycles. The molecule has 0 saturated carbocycles. The second kappa shape index (κ2) is 12.7. The summed E-state index contributed by atoms with van der Waals surface area (Å²) in [5, 5.41) is 17.3. The van der Waals surface area contributed by atoms with E-state index in [2.05, 4.69) is 20.4 Å². The maximum absolute atomic E-state index is 5.24. The Morgan fingerprint density at radius 2 is 0.703 bits per heavy atom. The fourth-order valence-electron chi connectivity index (χ4n) is 3.71. The minimum atomic E-state index is 0. The van der Waals surface area contributed by atoms with Gasteiger partial charge in [-0.3, -0.25) is 9.13 Å². The standard InChI is InChI=1S/2C14H11N3S.Cd/c2*18-14-16-15-13(11-7-3-1-4-8-11)17(14)12-9-5-2-6-10-12;/h2*1-10H,(H,16,18);/q;;+2/p-2. The molecule has 9 heteroatoms. The van der Waals surface area contributed by atoms with Crippen LogP contribution >= 0.6 is 0 Å². The maximum Gasteiger partial charge on any atom is 2.00 e. The van der Waals surface area contributed by atoms with Gasteiger partial charge in [0, 0.05) is 32.8 Å². The summed E-state index contributed by atoms with van der Waals surface area (Å²) in [5.41, 5.74) is 3.97. The van der Waals surface area contributed by atoms with E-state index in [1.165, 1.54) is 0 Å². The third-order valence-corrected chi connectivity index (χ3v) is 5.89. The van der Waals surface area contributed by atoms with E-state index in [4.69, 9.17) is 25.3 Å². The normalized spacial score (nSPS) is 10.2. The van der Waals surface area contributed by atoms with Gasteiger partial charge < -0.3 is 25.3 Å². The molecule has 0 aliphatic rings. The third kappa shape index (κ3) is 6.09. The van der Waals surface area contributed by atoms with Crippen molar-refractivity contribution in [3.8, 4) is 34.2 Å². The summed E-state index contributed by atoms with van der Waals surface area (Å²) in [6, 6.07) is 39.6. The van der Waals surface area contributed by atoms with Crippen LogP contribution < -0.4 is 0 Å². The van der Waals surface area contributed by atoms with Crippen molar-refractivity contribution in [1.29, 1.82) is 0 Å². The number of hydrogen-bond donors (Lipinski definition) is 0. The summed E-state index contributed by atoms with van der Waals surface area (Å²) in [7, 11) is 0. The average Bonchev–Trinajstić information content (AvgIpc) is 3.53. The molecule has 0 unspecified atom stereocenters. The van der Waals surface area contributed by atoms with Gasteiger partial charge in [0.15, 0.2) is 11.6 Å². The summed E-state index contributed by atoms with van der Waals surface area (Å²) in [4.78, 5) is 0. The van der Waals surface area contributed by atoms with Crippen LogP contribution in [0.25, 0.3) is 34.2 Å². The number of para-hydroxylation sites is 2. The van der Waals surface area contributed by atoms with Crippen LogP contribution in [0.15, 0.2) is 132 Å². The van der Waals surface area contributed by atoms with E-state index >= 15 is 0 Å². The van der Waals surface area contributed by atoms with Crippen LogP contribution in [0.5, 0.6) is 0 Å². The van der Waals surface area contributed by atoms with Gasteiger partial charge in [-0.1, -0.05) is 97.1 Å². The SMILES string of the molecule is [Cd+2].[S-]c1nnc(-c2ccccc2)n1-c1ccccc1.[S-]c1nnc(-c2ccccc2)n1-c1ccccc1. The van der Waals surface area contributed by atoms with Gasteiger partial charge in [0.2, 0.25) is 0 Å². The first-order valence-corrected chi connectivity index (χ1v) is 12.0. The Morgan fingerprint density at radius 1 is 0.405 bits per heavy atom. The van der Waals surface area contributed by atoms with E-state index in [1.807, 2.05) is 130 Å². The van der Waals surface area contributed by atoms with Crippen LogP contribution in [0.3, 0.4) is 0 Å². The molecule has 0 bridgehead atoms. The number of rotatable bonds is 4. The fourth-order valence-corrected chi connectivity index (χ4v) is 4.17. The molecule has 6 nitrogen and oxygen atoms in total. The zero-order valence-corrected chi connectivity index (χ0v) is 25.4. The van der Waals surface area contributed by atoms with Crippen LogP contribution in [0, 0.1) is 0 Å². The van der Waals surface area contributed by atoms with E-state index in [1.54, 1.807) is 0 Å². The summed E-state index contributed by atoms with van der Waals surface area (Å²) in [6.45, 7) is 0. The number of benzene rings is 4. The quantitative estimate of drug-likeness (QED) is 0.188. The van der Waals surface area contributed by atoms with E-state index in [0.717, 1.165) is 34.2 Å². The van der Waals surface area contributed by atoms with Crippen molar-refractivity contribution in [2.45, 2.75) is 10.3 Å². The maximum atomic E-state index is 5.24. The zero-order chi connectivity index (χ0) is 24.7. The molecular formula is C28H20CdN6S2. The Hall–Kier alpha value is -3.48. The minimum Gasteiger partial charge on any atom is -0.740 e. The first kappa shape index (κ1) is 26.6. The van der Waals surface area contributed by atoms with Gasteiger partial charge >= 0.3 is 27.3 Å². The summed E-state index contributed by atoms with van der Waals surface area (Å²) < 4.78 is 3.76. The van der Waals surface area contributed by atoms with E-state index in [-0.39, 0.29) is 27.3 Å². The Kier molecular flexibility index (Phi) is 9.10. The van der Waals surface area contributed by atoms with Gasteiger partial charge in [-0.2, -0.15) is 10.2 Å². The molecule has 6 rings (SSSR count). The molecule has 0 radical (unpaired) electrons. The molecule has 0 fully saturated rings. The predicted octanol–water partition coefficient (Wildman–Crippen LogP) is 5.68. The number of aromatic nitrogens is 6. The van der Waals surface area contributed by atoms with Crippen molar-refractivity contribution in [3.63, 3.8) is 0 Å². The van der Waals surface area contributed by atoms with E-state index in [9.17, 15) is 0 Å². The second-order valence-electron chi connectivity index (χ2n) is 7.69. The van der Waals surface area contributed by atoms with Gasteiger partial charge in [0.25, 0.3) is 0 Å². The van der Waals surface area contributed by atoms with Gasteiger partial charge in [-0.15, -0.1) is 10.2 Å². The summed E-state index contributed by atoms with van der Waals surface area (Å²) >= 11 is 10.5. The summed E-state index contributed by atoms with van der Waals surface area (Å²) in [6.07, 6.45) is 0. The van der Waals surface area contributed by atoms with Crippen LogP contribution in [-0.4, -0.2) is 29.5 Å². The Bertz CT molecular complexity index is 1420. The smallest absolute Gasteiger partial charge is 0.740 e. The first-order valence-electron chi connectivity index (χ1n) is 11.2. The van der Waals surface area contributed by atoms with Crippen molar-refractivity contribution >= 4 is 25.3 Å². The molecule has 0 saturated heterocycles. The molecule has 0 aliphatic carbocycles. The topological polar surface area (TPSA) is 61.4 Å². The van der Waals surface area contributed by atoms with Crippen molar-refractivity contribution in [2.75, 3.05) is 0 Å². The number of hydrogen-bond acceptors (Lipinski definition) is 6. The predicted molar refractivity (Wildman–Crippen MR) is 145 cm³/mol. The molecule has 0 N–H and O–H groups in total. The molecule has 0 spiro atoms. The van der Waals surface area contributed by atoms with E-state index in [0.29, 0.717) is 10.3 Å². The van der Waals surface area contributed by atoms with Crippen molar-refractivity contribution < 1.29 is 27.3 Å². The Morgan fingerprint density at radius 3 is 1.03 bits per heavy atom. The van der Waals surface area contributed by atoms with Gasteiger partial charge in [-0.25, -0.2) is 0 Å². The van der Waals surface area contributed by atoms with E-state index < -0.39 is 0 Å². The van der Waals surface area contributed by atoms with Crippen LogP contribution in [0.1, 0.15) is 0 Å². The second-order valence-corrected chi connectivity index (χ2v) is 8.42. The molecule has 2 heterocycles. The molecule has 0 aliphatic heterocycles. The molecule has 6 aromatic rings. The van der Waals surface area contributed by atoms with Gasteiger partial charge in [-0.05, 0) is 24.3 Å². The first-order chi connectivity index (χ1) is 17.7. The monoisotopic (exact) mass is 618 g/mol. The Labute approximate surface area is 246 Å². The van der Waals surface area contributed by atoms with Crippen molar-refractivity contribution in [1.82, 2.24) is 29.5 Å².